The maximum atomic E-state index is 12.0. The van der Waals surface area contributed by atoms with Crippen molar-refractivity contribution in [2.24, 2.45) is 5.14 Å². The first-order valence-corrected chi connectivity index (χ1v) is 8.96. The summed E-state index contributed by atoms with van der Waals surface area (Å²) >= 11 is 0. The SMILES string of the molecule is CC(C)c1ccccc1OCC(=O)Nc1cccc(S(N)(=O)=O)c1. The van der Waals surface area contributed by atoms with Crippen LogP contribution in [-0.4, -0.2) is 20.9 Å². The Morgan fingerprint density at radius 1 is 1.17 bits per heavy atom. The molecule has 0 aromatic heterocycles. The second-order valence-electron chi connectivity index (χ2n) is 5.60. The number of anilines is 1. The lowest BCUT2D eigenvalue weighted by atomic mass is 10.0. The average Bonchev–Trinajstić information content (AvgIpc) is 2.52. The predicted octanol–water partition coefficient (Wildman–Crippen LogP) is 2.47. The molecular weight excluding hydrogens is 328 g/mol. The third kappa shape index (κ3) is 4.81. The summed E-state index contributed by atoms with van der Waals surface area (Å²) in [6.07, 6.45) is 0. The third-order valence-electron chi connectivity index (χ3n) is 3.35. The van der Waals surface area contributed by atoms with Gasteiger partial charge in [0.05, 0.1) is 4.90 Å². The van der Waals surface area contributed by atoms with Crippen molar-refractivity contribution < 1.29 is 17.9 Å². The topological polar surface area (TPSA) is 98.5 Å². The molecule has 7 heteroatoms. The molecular formula is C17H20N2O4S. The van der Waals surface area contributed by atoms with Crippen LogP contribution in [0.25, 0.3) is 0 Å². The molecule has 0 aliphatic heterocycles. The summed E-state index contributed by atoms with van der Waals surface area (Å²) in [7, 11) is -3.81. The highest BCUT2D eigenvalue weighted by atomic mass is 32.2. The van der Waals surface area contributed by atoms with Gasteiger partial charge in [-0.05, 0) is 35.7 Å². The van der Waals surface area contributed by atoms with Crippen LogP contribution in [0.1, 0.15) is 25.3 Å². The van der Waals surface area contributed by atoms with Crippen molar-refractivity contribution in [3.05, 3.63) is 54.1 Å². The molecule has 0 atom stereocenters. The molecule has 6 nitrogen and oxygen atoms in total. The van der Waals surface area contributed by atoms with Gasteiger partial charge in [-0.15, -0.1) is 0 Å². The number of nitrogens with two attached hydrogens (primary N) is 1. The number of para-hydroxylation sites is 1. The summed E-state index contributed by atoms with van der Waals surface area (Å²) < 4.78 is 28.2. The van der Waals surface area contributed by atoms with E-state index in [9.17, 15) is 13.2 Å². The van der Waals surface area contributed by atoms with Crippen molar-refractivity contribution >= 4 is 21.6 Å². The molecule has 0 saturated carbocycles. The van der Waals surface area contributed by atoms with Crippen LogP contribution >= 0.6 is 0 Å². The number of benzene rings is 2. The van der Waals surface area contributed by atoms with Gasteiger partial charge in [-0.2, -0.15) is 0 Å². The normalized spacial score (nSPS) is 11.3. The van der Waals surface area contributed by atoms with E-state index in [0.29, 0.717) is 11.4 Å². The van der Waals surface area contributed by atoms with Gasteiger partial charge in [-0.1, -0.05) is 38.1 Å². The van der Waals surface area contributed by atoms with Gasteiger partial charge in [0, 0.05) is 5.69 Å². The molecule has 0 fully saturated rings. The van der Waals surface area contributed by atoms with Crippen LogP contribution in [0, 0.1) is 0 Å². The molecule has 2 aromatic rings. The fourth-order valence-electron chi connectivity index (χ4n) is 2.18. The summed E-state index contributed by atoms with van der Waals surface area (Å²) in [5.74, 6) is 0.539. The van der Waals surface area contributed by atoms with Crippen molar-refractivity contribution in [2.45, 2.75) is 24.7 Å². The smallest absolute Gasteiger partial charge is 0.262 e. The second-order valence-corrected chi connectivity index (χ2v) is 7.16. The van der Waals surface area contributed by atoms with Gasteiger partial charge in [0.15, 0.2) is 6.61 Å². The molecule has 0 heterocycles. The van der Waals surface area contributed by atoms with E-state index >= 15 is 0 Å². The lowest BCUT2D eigenvalue weighted by Gasteiger charge is -2.13. The maximum absolute atomic E-state index is 12.0. The molecule has 0 aliphatic rings. The first-order valence-electron chi connectivity index (χ1n) is 7.42. The standard InChI is InChI=1S/C17H20N2O4S/c1-12(2)15-8-3-4-9-16(15)23-11-17(20)19-13-6-5-7-14(10-13)24(18,21)22/h3-10,12H,11H2,1-2H3,(H,19,20)(H2,18,21,22). The Kier molecular flexibility index (Phi) is 5.58. The Balaban J connectivity index is 2.02. The van der Waals surface area contributed by atoms with Crippen LogP contribution < -0.4 is 15.2 Å². The summed E-state index contributed by atoms with van der Waals surface area (Å²) in [6, 6.07) is 13.3. The Bertz CT molecular complexity index is 832. The van der Waals surface area contributed by atoms with E-state index in [0.717, 1.165) is 5.56 Å². The number of carbonyl (C=O) groups excluding carboxylic acids is 1. The van der Waals surface area contributed by atoms with E-state index < -0.39 is 10.0 Å². The lowest BCUT2D eigenvalue weighted by molar-refractivity contribution is -0.118. The number of primary sulfonamides is 1. The number of sulfonamides is 1. The van der Waals surface area contributed by atoms with Crippen LogP contribution in [0.5, 0.6) is 5.75 Å². The number of carbonyl (C=O) groups is 1. The fraction of sp³-hybridized carbons (Fsp3) is 0.235. The first-order chi connectivity index (χ1) is 11.3. The van der Waals surface area contributed by atoms with Gasteiger partial charge >= 0.3 is 0 Å². The summed E-state index contributed by atoms with van der Waals surface area (Å²) in [5.41, 5.74) is 1.36. The number of amides is 1. The fourth-order valence-corrected chi connectivity index (χ4v) is 2.74. The third-order valence-corrected chi connectivity index (χ3v) is 4.26. The zero-order valence-electron chi connectivity index (χ0n) is 13.5. The lowest BCUT2D eigenvalue weighted by Crippen LogP contribution is -2.21. The van der Waals surface area contributed by atoms with Crippen LogP contribution in [0.15, 0.2) is 53.4 Å². The molecule has 0 bridgehead atoms. The van der Waals surface area contributed by atoms with Gasteiger partial charge < -0.3 is 10.1 Å². The molecule has 3 N–H and O–H groups in total. The van der Waals surface area contributed by atoms with E-state index in [1.807, 2.05) is 38.1 Å². The van der Waals surface area contributed by atoms with Crippen molar-refractivity contribution in [1.29, 1.82) is 0 Å². The average molecular weight is 348 g/mol. The van der Waals surface area contributed by atoms with Gasteiger partial charge in [0.1, 0.15) is 5.75 Å². The van der Waals surface area contributed by atoms with Gasteiger partial charge in [-0.25, -0.2) is 13.6 Å². The zero-order valence-corrected chi connectivity index (χ0v) is 14.3. The number of nitrogens with one attached hydrogen (secondary N) is 1. The quantitative estimate of drug-likeness (QED) is 0.838. The summed E-state index contributed by atoms with van der Waals surface area (Å²) in [5, 5.41) is 7.66. The molecule has 1 amide bonds. The largest absolute Gasteiger partial charge is 0.483 e. The molecule has 128 valence electrons. The predicted molar refractivity (Wildman–Crippen MR) is 92.5 cm³/mol. The monoisotopic (exact) mass is 348 g/mol. The number of hydrogen-bond donors (Lipinski definition) is 2. The second kappa shape index (κ2) is 7.46. The van der Waals surface area contributed by atoms with Crippen LogP contribution in [0.2, 0.25) is 0 Å². The van der Waals surface area contributed by atoms with E-state index in [1.54, 1.807) is 6.07 Å². The molecule has 0 radical (unpaired) electrons. The molecule has 0 aliphatic carbocycles. The van der Waals surface area contributed by atoms with Crippen molar-refractivity contribution in [2.75, 3.05) is 11.9 Å². The minimum Gasteiger partial charge on any atom is -0.483 e. The van der Waals surface area contributed by atoms with Crippen LogP contribution in [0.4, 0.5) is 5.69 Å². The van der Waals surface area contributed by atoms with Crippen molar-refractivity contribution in [1.82, 2.24) is 0 Å². The van der Waals surface area contributed by atoms with Crippen molar-refractivity contribution in [3.8, 4) is 5.75 Å². The van der Waals surface area contributed by atoms with Crippen molar-refractivity contribution in [3.63, 3.8) is 0 Å². The number of rotatable bonds is 6. The molecule has 2 rings (SSSR count). The number of ether oxygens (including phenoxy) is 1. The Morgan fingerprint density at radius 3 is 2.54 bits per heavy atom. The summed E-state index contributed by atoms with van der Waals surface area (Å²) in [4.78, 5) is 11.9. The van der Waals surface area contributed by atoms with Gasteiger partial charge in [-0.3, -0.25) is 4.79 Å². The maximum Gasteiger partial charge on any atom is 0.262 e. The van der Waals surface area contributed by atoms with Gasteiger partial charge in [0.25, 0.3) is 5.91 Å². The van der Waals surface area contributed by atoms with Gasteiger partial charge in [0.2, 0.25) is 10.0 Å². The van der Waals surface area contributed by atoms with Crippen LogP contribution in [-0.2, 0) is 14.8 Å². The summed E-state index contributed by atoms with van der Waals surface area (Å²) in [6.45, 7) is 3.91. The molecule has 2 aromatic carbocycles. The molecule has 24 heavy (non-hydrogen) atoms. The van der Waals surface area contributed by atoms with Crippen LogP contribution in [0.3, 0.4) is 0 Å². The van der Waals surface area contributed by atoms with E-state index in [2.05, 4.69) is 5.32 Å². The van der Waals surface area contributed by atoms with E-state index in [4.69, 9.17) is 9.88 Å². The van der Waals surface area contributed by atoms with E-state index in [-0.39, 0.29) is 23.3 Å². The molecule has 0 unspecified atom stereocenters. The minimum atomic E-state index is -3.81. The minimum absolute atomic E-state index is 0.0635. The Hall–Kier alpha value is -2.38. The highest BCUT2D eigenvalue weighted by Crippen LogP contribution is 2.25. The zero-order chi connectivity index (χ0) is 17.7. The van der Waals surface area contributed by atoms with E-state index in [1.165, 1.54) is 18.2 Å². The highest BCUT2D eigenvalue weighted by Gasteiger charge is 2.11. The highest BCUT2D eigenvalue weighted by molar-refractivity contribution is 7.89. The Labute approximate surface area is 141 Å². The first kappa shape index (κ1) is 18.0. The molecule has 0 spiro atoms. The number of hydrogen-bond acceptors (Lipinski definition) is 4. The Morgan fingerprint density at radius 2 is 1.88 bits per heavy atom. The molecule has 0 saturated heterocycles.